The molecule has 0 bridgehead atoms. The highest BCUT2D eigenvalue weighted by molar-refractivity contribution is 6.16. The van der Waals surface area contributed by atoms with Gasteiger partial charge in [0.2, 0.25) is 0 Å². The number of halogens is 1. The van der Waals surface area contributed by atoms with Crippen LogP contribution in [0.2, 0.25) is 0 Å². The molecule has 0 radical (unpaired) electrons. The predicted molar refractivity (Wildman–Crippen MR) is 59.8 cm³/mol. The van der Waals surface area contributed by atoms with E-state index in [2.05, 4.69) is 23.0 Å². The number of nitrogens with zero attached hydrogens (tertiary/aromatic N) is 2. The minimum atomic E-state index is 0.491. The van der Waals surface area contributed by atoms with E-state index >= 15 is 0 Å². The Hall–Kier alpha value is -0.760. The van der Waals surface area contributed by atoms with Crippen LogP contribution in [0, 0.1) is 5.92 Å². The van der Waals surface area contributed by atoms with Crippen LogP contribution in [0.5, 0.6) is 0 Å². The summed E-state index contributed by atoms with van der Waals surface area (Å²) in [4.78, 5) is 6.46. The molecule has 0 aliphatic heterocycles. The van der Waals surface area contributed by atoms with E-state index in [1.165, 1.54) is 18.5 Å². The standard InChI is InChI=1S/C11H15ClN2/c1-14(8-9-2-3-9)11-4-5-13-10(6-11)7-12/h4-6,9H,2-3,7-8H2,1H3. The summed E-state index contributed by atoms with van der Waals surface area (Å²) < 4.78 is 0. The lowest BCUT2D eigenvalue weighted by atomic mass is 10.3. The zero-order chi connectivity index (χ0) is 9.97. The van der Waals surface area contributed by atoms with Gasteiger partial charge in [-0.3, -0.25) is 4.98 Å². The van der Waals surface area contributed by atoms with Crippen molar-refractivity contribution in [3.8, 4) is 0 Å². The lowest BCUT2D eigenvalue weighted by Gasteiger charge is -2.19. The Morgan fingerprint density at radius 3 is 3.00 bits per heavy atom. The number of anilines is 1. The molecule has 0 N–H and O–H groups in total. The summed E-state index contributed by atoms with van der Waals surface area (Å²) in [7, 11) is 2.13. The predicted octanol–water partition coefficient (Wildman–Crippen LogP) is 2.67. The first-order valence-corrected chi connectivity index (χ1v) is 5.55. The summed E-state index contributed by atoms with van der Waals surface area (Å²) in [5.41, 5.74) is 2.18. The fraction of sp³-hybridized carbons (Fsp3) is 0.545. The van der Waals surface area contributed by atoms with E-state index in [9.17, 15) is 0 Å². The lowest BCUT2D eigenvalue weighted by Crippen LogP contribution is -2.20. The zero-order valence-electron chi connectivity index (χ0n) is 8.41. The first-order chi connectivity index (χ1) is 6.79. The lowest BCUT2D eigenvalue weighted by molar-refractivity contribution is 0.786. The smallest absolute Gasteiger partial charge is 0.0648 e. The van der Waals surface area contributed by atoms with Crippen LogP contribution >= 0.6 is 11.6 Å². The van der Waals surface area contributed by atoms with Crippen molar-refractivity contribution in [2.24, 2.45) is 5.92 Å². The first-order valence-electron chi connectivity index (χ1n) is 5.01. The molecular weight excluding hydrogens is 196 g/mol. The molecule has 0 atom stereocenters. The molecule has 0 saturated heterocycles. The Morgan fingerprint density at radius 1 is 1.57 bits per heavy atom. The molecule has 0 spiro atoms. The summed E-state index contributed by atoms with van der Waals surface area (Å²) >= 11 is 5.74. The minimum absolute atomic E-state index is 0.491. The summed E-state index contributed by atoms with van der Waals surface area (Å²) in [5, 5.41) is 0. The molecule has 0 aromatic carbocycles. The quantitative estimate of drug-likeness (QED) is 0.711. The number of rotatable bonds is 4. The largest absolute Gasteiger partial charge is 0.374 e. The van der Waals surface area contributed by atoms with Crippen LogP contribution in [0.1, 0.15) is 18.5 Å². The van der Waals surface area contributed by atoms with Crippen LogP contribution in [-0.4, -0.2) is 18.6 Å². The molecule has 1 aliphatic rings. The molecule has 2 rings (SSSR count). The Bertz CT molecular complexity index is 310. The van der Waals surface area contributed by atoms with Crippen molar-refractivity contribution >= 4 is 17.3 Å². The topological polar surface area (TPSA) is 16.1 Å². The number of alkyl halides is 1. The maximum Gasteiger partial charge on any atom is 0.0648 e. The van der Waals surface area contributed by atoms with Crippen LogP contribution in [0.3, 0.4) is 0 Å². The van der Waals surface area contributed by atoms with Crippen LogP contribution in [0.25, 0.3) is 0 Å². The van der Waals surface area contributed by atoms with Gasteiger partial charge < -0.3 is 4.90 Å². The van der Waals surface area contributed by atoms with Crippen molar-refractivity contribution in [2.45, 2.75) is 18.7 Å². The van der Waals surface area contributed by atoms with E-state index in [0.717, 1.165) is 18.2 Å². The fourth-order valence-corrected chi connectivity index (χ4v) is 1.72. The Kier molecular flexibility index (Phi) is 2.92. The van der Waals surface area contributed by atoms with Gasteiger partial charge >= 0.3 is 0 Å². The molecular formula is C11H15ClN2. The molecule has 1 saturated carbocycles. The van der Waals surface area contributed by atoms with Crippen molar-refractivity contribution in [1.29, 1.82) is 0 Å². The minimum Gasteiger partial charge on any atom is -0.374 e. The van der Waals surface area contributed by atoms with Gasteiger partial charge in [-0.05, 0) is 30.9 Å². The fourth-order valence-electron chi connectivity index (χ4n) is 1.57. The Labute approximate surface area is 89.9 Å². The molecule has 1 heterocycles. The van der Waals surface area contributed by atoms with E-state index < -0.39 is 0 Å². The molecule has 0 amide bonds. The van der Waals surface area contributed by atoms with Crippen molar-refractivity contribution < 1.29 is 0 Å². The van der Waals surface area contributed by atoms with Gasteiger partial charge in [0.15, 0.2) is 0 Å². The third kappa shape index (κ3) is 2.38. The molecule has 3 heteroatoms. The molecule has 1 aromatic heterocycles. The van der Waals surface area contributed by atoms with E-state index in [0.29, 0.717) is 5.88 Å². The van der Waals surface area contributed by atoms with Crippen molar-refractivity contribution in [3.63, 3.8) is 0 Å². The summed E-state index contributed by atoms with van der Waals surface area (Å²) in [6, 6.07) is 4.10. The van der Waals surface area contributed by atoms with Crippen molar-refractivity contribution in [2.75, 3.05) is 18.5 Å². The highest BCUT2D eigenvalue weighted by Gasteiger charge is 2.22. The van der Waals surface area contributed by atoms with E-state index in [1.54, 1.807) is 0 Å². The highest BCUT2D eigenvalue weighted by atomic mass is 35.5. The molecule has 76 valence electrons. The molecule has 1 aliphatic carbocycles. The normalized spacial score (nSPS) is 15.6. The SMILES string of the molecule is CN(CC1CC1)c1ccnc(CCl)c1. The van der Waals surface area contributed by atoms with Gasteiger partial charge in [0.25, 0.3) is 0 Å². The van der Waals surface area contributed by atoms with E-state index in [1.807, 2.05) is 12.3 Å². The van der Waals surface area contributed by atoms with Gasteiger partial charge in [-0.25, -0.2) is 0 Å². The summed E-state index contributed by atoms with van der Waals surface area (Å²) in [5.74, 6) is 1.40. The zero-order valence-corrected chi connectivity index (χ0v) is 9.17. The van der Waals surface area contributed by atoms with Gasteiger partial charge in [0, 0.05) is 25.5 Å². The van der Waals surface area contributed by atoms with Crippen LogP contribution in [0.15, 0.2) is 18.3 Å². The molecule has 1 fully saturated rings. The summed E-state index contributed by atoms with van der Waals surface area (Å²) in [6.07, 6.45) is 4.60. The Morgan fingerprint density at radius 2 is 2.36 bits per heavy atom. The first kappa shape index (κ1) is 9.78. The van der Waals surface area contributed by atoms with Crippen LogP contribution in [0.4, 0.5) is 5.69 Å². The van der Waals surface area contributed by atoms with Crippen molar-refractivity contribution in [3.05, 3.63) is 24.0 Å². The molecule has 14 heavy (non-hydrogen) atoms. The average Bonchev–Trinajstić information content (AvgIpc) is 3.02. The number of aromatic nitrogens is 1. The highest BCUT2D eigenvalue weighted by Crippen LogP contribution is 2.30. The van der Waals surface area contributed by atoms with Gasteiger partial charge in [-0.2, -0.15) is 0 Å². The van der Waals surface area contributed by atoms with Gasteiger partial charge in [-0.1, -0.05) is 0 Å². The van der Waals surface area contributed by atoms with Crippen molar-refractivity contribution in [1.82, 2.24) is 4.98 Å². The van der Waals surface area contributed by atoms with Gasteiger partial charge in [0.1, 0.15) is 0 Å². The average molecular weight is 211 g/mol. The van der Waals surface area contributed by atoms with E-state index in [-0.39, 0.29) is 0 Å². The second-order valence-electron chi connectivity index (χ2n) is 3.96. The monoisotopic (exact) mass is 210 g/mol. The number of hydrogen-bond donors (Lipinski definition) is 0. The van der Waals surface area contributed by atoms with E-state index in [4.69, 9.17) is 11.6 Å². The maximum atomic E-state index is 5.74. The summed E-state index contributed by atoms with van der Waals surface area (Å²) in [6.45, 7) is 1.16. The third-order valence-electron chi connectivity index (χ3n) is 2.61. The second-order valence-corrected chi connectivity index (χ2v) is 4.23. The second kappa shape index (κ2) is 4.18. The van der Waals surface area contributed by atoms with Crippen LogP contribution < -0.4 is 4.90 Å². The number of hydrogen-bond acceptors (Lipinski definition) is 2. The number of pyridine rings is 1. The maximum absolute atomic E-state index is 5.74. The molecule has 2 nitrogen and oxygen atoms in total. The van der Waals surface area contributed by atoms with Gasteiger partial charge in [0.05, 0.1) is 11.6 Å². The molecule has 1 aromatic rings. The molecule has 0 unspecified atom stereocenters. The van der Waals surface area contributed by atoms with Gasteiger partial charge in [-0.15, -0.1) is 11.6 Å². The van der Waals surface area contributed by atoms with Crippen LogP contribution in [-0.2, 0) is 5.88 Å². The third-order valence-corrected chi connectivity index (χ3v) is 2.88. The Balaban J connectivity index is 2.05.